The minimum Gasteiger partial charge on any atom is -0.319 e. The molecule has 0 amide bonds. The van der Waals surface area contributed by atoms with Crippen molar-refractivity contribution in [1.29, 1.82) is 0 Å². The van der Waals surface area contributed by atoms with Crippen molar-refractivity contribution in [3.05, 3.63) is 27.1 Å². The lowest BCUT2D eigenvalue weighted by atomic mass is 9.87. The van der Waals surface area contributed by atoms with Gasteiger partial charge in [0.05, 0.1) is 4.92 Å². The third-order valence-corrected chi connectivity index (χ3v) is 5.47. The van der Waals surface area contributed by atoms with Crippen molar-refractivity contribution in [2.45, 2.75) is 37.8 Å². The molecular weight excluding hydrogens is 274 g/mol. The lowest BCUT2D eigenvalue weighted by Crippen LogP contribution is -2.42. The van der Waals surface area contributed by atoms with E-state index in [2.05, 4.69) is 10.2 Å². The molecule has 0 bridgehead atoms. The van der Waals surface area contributed by atoms with Crippen LogP contribution in [0.3, 0.4) is 0 Å². The summed E-state index contributed by atoms with van der Waals surface area (Å²) in [5, 5.41) is 14.5. The van der Waals surface area contributed by atoms with Crippen LogP contribution in [0.1, 0.15) is 36.6 Å². The minimum atomic E-state index is -0.272. The Morgan fingerprint density at radius 2 is 2.25 bits per heavy atom. The van der Waals surface area contributed by atoms with E-state index in [1.807, 2.05) is 13.1 Å². The van der Waals surface area contributed by atoms with E-state index in [1.165, 1.54) is 41.9 Å². The summed E-state index contributed by atoms with van der Waals surface area (Å²) in [5.74, 6) is 0.563. The van der Waals surface area contributed by atoms with Crippen LogP contribution in [0.2, 0.25) is 0 Å². The average Bonchev–Trinajstić information content (AvgIpc) is 3.16. The lowest BCUT2D eigenvalue weighted by molar-refractivity contribution is -0.380. The average molecular weight is 295 g/mol. The summed E-state index contributed by atoms with van der Waals surface area (Å²) < 4.78 is 0. The molecule has 1 aliphatic heterocycles. The fraction of sp³-hybridized carbons (Fsp3) is 0.714. The number of hydrogen-bond donors (Lipinski definition) is 1. The molecule has 1 aliphatic carbocycles. The van der Waals surface area contributed by atoms with Gasteiger partial charge in [-0.25, -0.2) is 0 Å². The smallest absolute Gasteiger partial charge is 0.319 e. The molecule has 2 unspecified atom stereocenters. The van der Waals surface area contributed by atoms with Crippen LogP contribution < -0.4 is 5.32 Å². The van der Waals surface area contributed by atoms with Crippen molar-refractivity contribution in [2.75, 3.05) is 20.1 Å². The molecule has 0 aromatic carbocycles. The highest BCUT2D eigenvalue weighted by Crippen LogP contribution is 2.45. The molecule has 110 valence electrons. The van der Waals surface area contributed by atoms with Crippen LogP contribution in [-0.4, -0.2) is 36.0 Å². The molecule has 0 radical (unpaired) electrons. The molecule has 6 heteroatoms. The molecule has 2 aliphatic rings. The molecule has 2 fully saturated rings. The predicted molar refractivity (Wildman–Crippen MR) is 80.1 cm³/mol. The van der Waals surface area contributed by atoms with Crippen LogP contribution in [0.4, 0.5) is 5.00 Å². The van der Waals surface area contributed by atoms with Gasteiger partial charge in [-0.2, -0.15) is 0 Å². The van der Waals surface area contributed by atoms with Crippen LogP contribution in [0.15, 0.2) is 12.1 Å². The van der Waals surface area contributed by atoms with Gasteiger partial charge >= 0.3 is 5.00 Å². The van der Waals surface area contributed by atoms with E-state index in [0.717, 1.165) is 13.1 Å². The van der Waals surface area contributed by atoms with E-state index < -0.39 is 0 Å². The Balaban J connectivity index is 1.87. The first kappa shape index (κ1) is 14.0. The van der Waals surface area contributed by atoms with Crippen LogP contribution >= 0.6 is 11.3 Å². The maximum atomic E-state index is 10.9. The van der Waals surface area contributed by atoms with E-state index >= 15 is 0 Å². The van der Waals surface area contributed by atoms with Crippen LogP contribution in [0.5, 0.6) is 0 Å². The highest BCUT2D eigenvalue weighted by molar-refractivity contribution is 7.15. The van der Waals surface area contributed by atoms with Gasteiger partial charge < -0.3 is 5.32 Å². The molecule has 5 nitrogen and oxygen atoms in total. The van der Waals surface area contributed by atoms with Gasteiger partial charge in [-0.1, -0.05) is 11.3 Å². The fourth-order valence-electron chi connectivity index (χ4n) is 3.39. The van der Waals surface area contributed by atoms with Crippen LogP contribution in [0.25, 0.3) is 0 Å². The van der Waals surface area contributed by atoms with Crippen molar-refractivity contribution in [1.82, 2.24) is 10.2 Å². The van der Waals surface area contributed by atoms with Gasteiger partial charge in [0.1, 0.15) is 0 Å². The zero-order chi connectivity index (χ0) is 14.1. The summed E-state index contributed by atoms with van der Waals surface area (Å²) in [7, 11) is 1.99. The third kappa shape index (κ3) is 2.73. The highest BCUT2D eigenvalue weighted by atomic mass is 32.1. The maximum absolute atomic E-state index is 10.9. The number of nitrogens with zero attached hydrogens (tertiary/aromatic N) is 2. The summed E-state index contributed by atoms with van der Waals surface area (Å²) in [6, 6.07) is 4.70. The van der Waals surface area contributed by atoms with Crippen molar-refractivity contribution in [3.63, 3.8) is 0 Å². The van der Waals surface area contributed by atoms with E-state index in [4.69, 9.17) is 0 Å². The lowest BCUT2D eigenvalue weighted by Gasteiger charge is -2.41. The molecule has 1 N–H and O–H groups in total. The minimum absolute atomic E-state index is 0.268. The second kappa shape index (κ2) is 5.79. The molecule has 1 saturated carbocycles. The molecule has 1 aromatic rings. The summed E-state index contributed by atoms with van der Waals surface area (Å²) >= 11 is 1.36. The zero-order valence-corrected chi connectivity index (χ0v) is 12.6. The number of thiophene rings is 1. The normalized spacial score (nSPS) is 27.6. The van der Waals surface area contributed by atoms with Gasteiger partial charge in [-0.05, 0) is 57.8 Å². The zero-order valence-electron chi connectivity index (χ0n) is 11.7. The Morgan fingerprint density at radius 1 is 1.45 bits per heavy atom. The van der Waals surface area contributed by atoms with Crippen molar-refractivity contribution in [3.8, 4) is 0 Å². The Morgan fingerprint density at radius 3 is 2.85 bits per heavy atom. The predicted octanol–water partition coefficient (Wildman–Crippen LogP) is 2.79. The largest absolute Gasteiger partial charge is 0.324 e. The van der Waals surface area contributed by atoms with Gasteiger partial charge in [0, 0.05) is 23.0 Å². The number of hydrogen-bond acceptors (Lipinski definition) is 5. The van der Waals surface area contributed by atoms with E-state index in [0.29, 0.717) is 18.0 Å². The maximum Gasteiger partial charge on any atom is 0.324 e. The Bertz CT molecular complexity index is 485. The first-order valence-corrected chi connectivity index (χ1v) is 8.17. The molecule has 1 aromatic heterocycles. The van der Waals surface area contributed by atoms with Crippen molar-refractivity contribution in [2.24, 2.45) is 5.92 Å². The molecule has 3 rings (SSSR count). The van der Waals surface area contributed by atoms with Crippen molar-refractivity contribution < 1.29 is 4.92 Å². The molecular formula is C14H21N3O2S. The Labute approximate surface area is 123 Å². The number of nitro groups is 1. The molecule has 1 saturated heterocycles. The Kier molecular flexibility index (Phi) is 4.05. The summed E-state index contributed by atoms with van der Waals surface area (Å²) in [4.78, 5) is 14.4. The highest BCUT2D eigenvalue weighted by Gasteiger charge is 2.41. The first-order chi connectivity index (χ1) is 9.70. The van der Waals surface area contributed by atoms with Crippen molar-refractivity contribution >= 4 is 16.3 Å². The monoisotopic (exact) mass is 295 g/mol. The summed E-state index contributed by atoms with van der Waals surface area (Å²) in [6.07, 6.45) is 5.03. The van der Waals surface area contributed by atoms with Gasteiger partial charge in [0.2, 0.25) is 0 Å². The molecule has 20 heavy (non-hydrogen) atoms. The molecule has 2 atom stereocenters. The summed E-state index contributed by atoms with van der Waals surface area (Å²) in [5.41, 5.74) is 0. The van der Waals surface area contributed by atoms with Gasteiger partial charge in [0.15, 0.2) is 0 Å². The molecule has 2 heterocycles. The second-order valence-corrected chi connectivity index (χ2v) is 6.90. The summed E-state index contributed by atoms with van der Waals surface area (Å²) in [6.45, 7) is 2.13. The van der Waals surface area contributed by atoms with E-state index in [-0.39, 0.29) is 9.92 Å². The number of nitrogens with one attached hydrogen (secondary N) is 1. The van der Waals surface area contributed by atoms with Gasteiger partial charge in [-0.15, -0.1) is 0 Å². The van der Waals surface area contributed by atoms with Crippen LogP contribution in [-0.2, 0) is 0 Å². The van der Waals surface area contributed by atoms with Gasteiger partial charge in [0.25, 0.3) is 0 Å². The Hall–Kier alpha value is -0.980. The molecule has 0 spiro atoms. The number of likely N-dealkylation sites (tertiary alicyclic amines) is 1. The van der Waals surface area contributed by atoms with E-state index in [9.17, 15) is 10.1 Å². The van der Waals surface area contributed by atoms with Crippen LogP contribution in [0, 0.1) is 16.0 Å². The topological polar surface area (TPSA) is 58.4 Å². The number of piperidine rings is 1. The second-order valence-electron chi connectivity index (χ2n) is 5.81. The fourth-order valence-corrected chi connectivity index (χ4v) is 4.43. The SMILES string of the molecule is CNCC1CCCN(C2CC2)C1c1ccc([N+](=O)[O-])s1. The quantitative estimate of drug-likeness (QED) is 0.670. The van der Waals surface area contributed by atoms with E-state index in [1.54, 1.807) is 6.07 Å². The third-order valence-electron chi connectivity index (χ3n) is 4.36. The van der Waals surface area contributed by atoms with Gasteiger partial charge in [-0.3, -0.25) is 15.0 Å². The first-order valence-electron chi connectivity index (χ1n) is 7.35. The standard InChI is InChI=1S/C14H21N3O2S/c1-15-9-10-3-2-8-16(11-4-5-11)14(10)12-6-7-13(20-12)17(18)19/h6-7,10-11,14-15H,2-5,8-9H2,1H3. The number of rotatable bonds is 5.